The van der Waals surface area contributed by atoms with Gasteiger partial charge in [-0.3, -0.25) is 4.79 Å². The number of anilines is 1. The number of carbonyl (C=O) groups is 2. The van der Waals surface area contributed by atoms with Crippen molar-refractivity contribution < 1.29 is 14.7 Å². The molecule has 2 unspecified atom stereocenters. The van der Waals surface area contributed by atoms with Crippen LogP contribution in [0.2, 0.25) is 0 Å². The summed E-state index contributed by atoms with van der Waals surface area (Å²) < 4.78 is 0.993. The summed E-state index contributed by atoms with van der Waals surface area (Å²) in [6, 6.07) is 14.9. The van der Waals surface area contributed by atoms with Crippen molar-refractivity contribution in [3.8, 4) is 0 Å². The highest BCUT2D eigenvalue weighted by Crippen LogP contribution is 2.39. The van der Waals surface area contributed by atoms with E-state index in [-0.39, 0.29) is 16.9 Å². The number of nitrogens with zero attached hydrogens (tertiary/aromatic N) is 1. The predicted molar refractivity (Wildman–Crippen MR) is 147 cm³/mol. The molecule has 0 saturated heterocycles. The SMILES string of the molecule is CC(C)c1ccc2nc(NC3(C(=O)N[C@H](C(=O)O)C(C)C)C=CC(c4ccccc4)C=C3Cl)sc2c1. The van der Waals surface area contributed by atoms with Gasteiger partial charge in [0.05, 0.1) is 15.2 Å². The zero-order chi connectivity index (χ0) is 26.0. The van der Waals surface area contributed by atoms with E-state index in [0.717, 1.165) is 15.8 Å². The fourth-order valence-electron chi connectivity index (χ4n) is 4.19. The number of rotatable bonds is 8. The molecule has 2 aromatic carbocycles. The molecule has 0 radical (unpaired) electrons. The van der Waals surface area contributed by atoms with Crippen LogP contribution in [0.3, 0.4) is 0 Å². The van der Waals surface area contributed by atoms with Crippen LogP contribution in [0, 0.1) is 5.92 Å². The van der Waals surface area contributed by atoms with Crippen LogP contribution in [-0.2, 0) is 9.59 Å². The monoisotopic (exact) mass is 523 g/mol. The Labute approximate surface area is 220 Å². The summed E-state index contributed by atoms with van der Waals surface area (Å²) in [6.45, 7) is 7.76. The molecule has 1 heterocycles. The highest BCUT2D eigenvalue weighted by Gasteiger charge is 2.44. The van der Waals surface area contributed by atoms with Crippen molar-refractivity contribution in [3.05, 3.63) is 82.9 Å². The van der Waals surface area contributed by atoms with Gasteiger partial charge in [0.1, 0.15) is 6.04 Å². The van der Waals surface area contributed by atoms with Crippen LogP contribution in [-0.4, -0.2) is 33.5 Å². The molecule has 0 spiro atoms. The molecule has 36 heavy (non-hydrogen) atoms. The second kappa shape index (κ2) is 10.4. The van der Waals surface area contributed by atoms with Crippen molar-refractivity contribution in [1.29, 1.82) is 0 Å². The molecule has 0 fully saturated rings. The van der Waals surface area contributed by atoms with E-state index in [2.05, 4.69) is 41.6 Å². The van der Waals surface area contributed by atoms with E-state index in [1.165, 1.54) is 16.9 Å². The van der Waals surface area contributed by atoms with Crippen molar-refractivity contribution in [2.45, 2.75) is 51.1 Å². The number of aromatic nitrogens is 1. The van der Waals surface area contributed by atoms with Crippen LogP contribution >= 0.6 is 22.9 Å². The second-order valence-electron chi connectivity index (χ2n) is 9.68. The molecule has 0 aliphatic heterocycles. The maximum atomic E-state index is 13.7. The number of nitrogens with one attached hydrogen (secondary N) is 2. The summed E-state index contributed by atoms with van der Waals surface area (Å²) in [4.78, 5) is 30.2. The molecular formula is C28H30ClN3O3S. The van der Waals surface area contributed by atoms with E-state index >= 15 is 0 Å². The fraction of sp³-hybridized carbons (Fsp3) is 0.321. The minimum Gasteiger partial charge on any atom is -0.480 e. The van der Waals surface area contributed by atoms with Gasteiger partial charge in [0.25, 0.3) is 5.91 Å². The molecule has 6 nitrogen and oxygen atoms in total. The Morgan fingerprint density at radius 1 is 1.11 bits per heavy atom. The standard InChI is InChI=1S/C28H30ClN3O3S/c1-16(2)19-10-11-21-22(14-19)36-27(30-21)32-28(26(35)31-24(17(3)4)25(33)34)13-12-20(15-23(28)29)18-8-6-5-7-9-18/h5-17,20,24H,1-4H3,(H,30,32)(H,31,35)(H,33,34)/t20?,24-,28?/m0/s1. The third kappa shape index (κ3) is 5.18. The maximum Gasteiger partial charge on any atom is 0.326 e. The molecule has 8 heteroatoms. The number of fused-ring (bicyclic) bond motifs is 1. The van der Waals surface area contributed by atoms with Gasteiger partial charge in [-0.2, -0.15) is 0 Å². The van der Waals surface area contributed by atoms with Gasteiger partial charge in [0, 0.05) is 5.92 Å². The molecule has 3 aromatic rings. The normalized spacial score (nSPS) is 20.4. The van der Waals surface area contributed by atoms with Gasteiger partial charge in [-0.25, -0.2) is 9.78 Å². The number of allylic oxidation sites excluding steroid dienone is 2. The first-order chi connectivity index (χ1) is 17.1. The molecule has 3 atom stereocenters. The Kier molecular flexibility index (Phi) is 7.52. The first kappa shape index (κ1) is 25.9. The number of aliphatic carboxylic acids is 1. The highest BCUT2D eigenvalue weighted by atomic mass is 35.5. The number of halogens is 1. The number of carboxylic acids is 1. The largest absolute Gasteiger partial charge is 0.480 e. The van der Waals surface area contributed by atoms with E-state index in [1.54, 1.807) is 19.9 Å². The summed E-state index contributed by atoms with van der Waals surface area (Å²) >= 11 is 8.28. The van der Waals surface area contributed by atoms with E-state index in [9.17, 15) is 14.7 Å². The van der Waals surface area contributed by atoms with Gasteiger partial charge in [0.2, 0.25) is 0 Å². The molecule has 188 valence electrons. The molecule has 1 aliphatic rings. The topological polar surface area (TPSA) is 91.3 Å². The molecule has 0 bridgehead atoms. The number of benzene rings is 2. The molecule has 1 amide bonds. The van der Waals surface area contributed by atoms with E-state index in [1.807, 2.05) is 48.6 Å². The Morgan fingerprint density at radius 2 is 1.83 bits per heavy atom. The number of hydrogen-bond donors (Lipinski definition) is 3. The lowest BCUT2D eigenvalue weighted by Crippen LogP contribution is -2.57. The number of carbonyl (C=O) groups excluding carboxylic acids is 1. The lowest BCUT2D eigenvalue weighted by molar-refractivity contribution is -0.143. The van der Waals surface area contributed by atoms with Gasteiger partial charge in [-0.05, 0) is 41.2 Å². The predicted octanol–water partition coefficient (Wildman–Crippen LogP) is 6.27. The smallest absolute Gasteiger partial charge is 0.326 e. The van der Waals surface area contributed by atoms with Gasteiger partial charge < -0.3 is 15.7 Å². The Bertz CT molecular complexity index is 1330. The molecule has 1 aromatic heterocycles. The van der Waals surface area contributed by atoms with Crippen molar-refractivity contribution in [3.63, 3.8) is 0 Å². The highest BCUT2D eigenvalue weighted by molar-refractivity contribution is 7.22. The molecule has 1 aliphatic carbocycles. The summed E-state index contributed by atoms with van der Waals surface area (Å²) in [6.07, 6.45) is 5.44. The quantitative estimate of drug-likeness (QED) is 0.302. The maximum absolute atomic E-state index is 13.7. The lowest BCUT2D eigenvalue weighted by atomic mass is 9.85. The van der Waals surface area contributed by atoms with E-state index in [0.29, 0.717) is 11.0 Å². The molecule has 4 rings (SSSR count). The summed E-state index contributed by atoms with van der Waals surface area (Å²) in [5.41, 5.74) is 1.56. The van der Waals surface area contributed by atoms with Crippen LogP contribution in [0.1, 0.15) is 50.7 Å². The molecule has 0 saturated carbocycles. The third-order valence-electron chi connectivity index (χ3n) is 6.40. The van der Waals surface area contributed by atoms with E-state index < -0.39 is 23.5 Å². The number of hydrogen-bond acceptors (Lipinski definition) is 5. The zero-order valence-electron chi connectivity index (χ0n) is 20.7. The van der Waals surface area contributed by atoms with Crippen molar-refractivity contribution in [1.82, 2.24) is 10.3 Å². The summed E-state index contributed by atoms with van der Waals surface area (Å²) in [5.74, 6) is -1.70. The number of thiazole rings is 1. The van der Waals surface area contributed by atoms with Gasteiger partial charge in [0.15, 0.2) is 10.7 Å². The average molecular weight is 524 g/mol. The van der Waals surface area contributed by atoms with E-state index in [4.69, 9.17) is 11.6 Å². The van der Waals surface area contributed by atoms with Crippen LogP contribution in [0.5, 0.6) is 0 Å². The first-order valence-corrected chi connectivity index (χ1v) is 13.1. The van der Waals surface area contributed by atoms with Gasteiger partial charge in [-0.1, -0.05) is 99.2 Å². The van der Waals surface area contributed by atoms with Crippen molar-refractivity contribution in [2.75, 3.05) is 5.32 Å². The molecular weight excluding hydrogens is 494 g/mol. The third-order valence-corrected chi connectivity index (χ3v) is 7.76. The Hall–Kier alpha value is -3.16. The molecule has 3 N–H and O–H groups in total. The first-order valence-electron chi connectivity index (χ1n) is 11.9. The van der Waals surface area contributed by atoms with Crippen LogP contribution in [0.4, 0.5) is 5.13 Å². The zero-order valence-corrected chi connectivity index (χ0v) is 22.2. The van der Waals surface area contributed by atoms with Crippen LogP contribution in [0.15, 0.2) is 71.8 Å². The van der Waals surface area contributed by atoms with Crippen LogP contribution in [0.25, 0.3) is 10.2 Å². The fourth-order valence-corrected chi connectivity index (χ4v) is 5.50. The second-order valence-corrected chi connectivity index (χ2v) is 11.1. The van der Waals surface area contributed by atoms with Crippen LogP contribution < -0.4 is 10.6 Å². The Balaban J connectivity index is 1.73. The number of amides is 1. The van der Waals surface area contributed by atoms with Gasteiger partial charge in [-0.15, -0.1) is 0 Å². The van der Waals surface area contributed by atoms with Gasteiger partial charge >= 0.3 is 5.97 Å². The lowest BCUT2D eigenvalue weighted by Gasteiger charge is -2.35. The average Bonchev–Trinajstić information content (AvgIpc) is 3.25. The summed E-state index contributed by atoms with van der Waals surface area (Å²) in [7, 11) is 0. The number of carboxylic acid groups (broad SMARTS) is 1. The van der Waals surface area contributed by atoms with Crippen molar-refractivity contribution in [2.24, 2.45) is 5.92 Å². The van der Waals surface area contributed by atoms with Crippen molar-refractivity contribution >= 4 is 50.2 Å². The minimum atomic E-state index is -1.50. The summed E-state index contributed by atoms with van der Waals surface area (Å²) in [5, 5.41) is 16.4. The minimum absolute atomic E-state index is 0.120. The Morgan fingerprint density at radius 3 is 2.44 bits per heavy atom.